The first kappa shape index (κ1) is 16.7. The molecule has 92 valence electrons. The summed E-state index contributed by atoms with van der Waals surface area (Å²) in [5, 5.41) is 2.66. The molecule has 15 heavy (non-hydrogen) atoms. The normalized spacial score (nSPS) is 8.80. The molecule has 4 nitrogen and oxygen atoms in total. The monoisotopic (exact) mass is 219 g/mol. The molecule has 0 atom stereocenters. The lowest BCUT2D eigenvalue weighted by molar-refractivity contribution is 0.152. The maximum Gasteiger partial charge on any atom is 0.407 e. The van der Waals surface area contributed by atoms with Crippen molar-refractivity contribution in [3.8, 4) is 0 Å². The van der Waals surface area contributed by atoms with Gasteiger partial charge in [-0.2, -0.15) is 0 Å². The first-order valence-electron chi connectivity index (χ1n) is 5.70. The van der Waals surface area contributed by atoms with Crippen LogP contribution < -0.4 is 5.32 Å². The van der Waals surface area contributed by atoms with E-state index in [9.17, 15) is 4.79 Å². The van der Waals surface area contributed by atoms with Crippen molar-refractivity contribution in [1.82, 2.24) is 5.32 Å². The van der Waals surface area contributed by atoms with Gasteiger partial charge in [-0.25, -0.2) is 4.79 Å². The van der Waals surface area contributed by atoms with E-state index in [4.69, 9.17) is 9.47 Å². The number of methoxy groups -OCH3 is 1. The van der Waals surface area contributed by atoms with Crippen LogP contribution in [-0.4, -0.2) is 33.0 Å². The Hall–Kier alpha value is -0.770. The number of carbonyl (C=O) groups excluding carboxylic acids is 1. The van der Waals surface area contributed by atoms with Crippen molar-refractivity contribution in [2.75, 3.05) is 26.9 Å². The quantitative estimate of drug-likeness (QED) is 0.669. The highest BCUT2D eigenvalue weighted by atomic mass is 16.5. The van der Waals surface area contributed by atoms with Crippen molar-refractivity contribution in [3.05, 3.63) is 0 Å². The van der Waals surface area contributed by atoms with Crippen LogP contribution in [0, 0.1) is 0 Å². The van der Waals surface area contributed by atoms with E-state index >= 15 is 0 Å². The number of unbranched alkanes of at least 4 members (excludes halogenated alkanes) is 2. The van der Waals surface area contributed by atoms with Crippen molar-refractivity contribution in [1.29, 1.82) is 0 Å². The maximum absolute atomic E-state index is 10.8. The van der Waals surface area contributed by atoms with Crippen LogP contribution in [0.5, 0.6) is 0 Å². The highest BCUT2D eigenvalue weighted by Gasteiger charge is 1.97. The van der Waals surface area contributed by atoms with Crippen LogP contribution in [0.3, 0.4) is 0 Å². The van der Waals surface area contributed by atoms with E-state index in [2.05, 4.69) is 5.32 Å². The zero-order valence-corrected chi connectivity index (χ0v) is 10.5. The Morgan fingerprint density at radius 1 is 1.20 bits per heavy atom. The molecule has 0 aliphatic heterocycles. The number of hydrogen-bond acceptors (Lipinski definition) is 3. The maximum atomic E-state index is 10.8. The standard InChI is InChI=1S/C9H19NO3.C2H6/c1-3-13-9(11)10-7-5-4-6-8-12-2;1-2/h3-8H2,1-2H3,(H,10,11);1-2H3. The van der Waals surface area contributed by atoms with Crippen LogP contribution >= 0.6 is 0 Å². The second-order valence-corrected chi connectivity index (χ2v) is 2.70. The summed E-state index contributed by atoms with van der Waals surface area (Å²) in [6, 6.07) is 0. The molecule has 1 N–H and O–H groups in total. The molecule has 0 aromatic carbocycles. The van der Waals surface area contributed by atoms with Crippen molar-refractivity contribution in [2.45, 2.75) is 40.0 Å². The minimum atomic E-state index is -0.325. The summed E-state index contributed by atoms with van der Waals surface area (Å²) in [5.41, 5.74) is 0. The summed E-state index contributed by atoms with van der Waals surface area (Å²) in [4.78, 5) is 10.8. The fraction of sp³-hybridized carbons (Fsp3) is 0.909. The summed E-state index contributed by atoms with van der Waals surface area (Å²) in [5.74, 6) is 0. The van der Waals surface area contributed by atoms with E-state index in [-0.39, 0.29) is 6.09 Å². The average Bonchev–Trinajstić information content (AvgIpc) is 2.26. The third-order valence-electron chi connectivity index (χ3n) is 1.57. The molecule has 0 saturated carbocycles. The topological polar surface area (TPSA) is 47.6 Å². The van der Waals surface area contributed by atoms with Gasteiger partial charge in [-0.05, 0) is 26.2 Å². The van der Waals surface area contributed by atoms with Crippen molar-refractivity contribution in [3.63, 3.8) is 0 Å². The number of alkyl carbamates (subject to hydrolysis) is 1. The van der Waals surface area contributed by atoms with Crippen LogP contribution in [0.15, 0.2) is 0 Å². The molecule has 0 aromatic rings. The van der Waals surface area contributed by atoms with Gasteiger partial charge in [0.2, 0.25) is 0 Å². The summed E-state index contributed by atoms with van der Waals surface area (Å²) >= 11 is 0. The number of hydrogen-bond donors (Lipinski definition) is 1. The minimum Gasteiger partial charge on any atom is -0.450 e. The van der Waals surface area contributed by atoms with Gasteiger partial charge in [0.15, 0.2) is 0 Å². The first-order chi connectivity index (χ1) is 7.31. The predicted octanol–water partition coefficient (Wildman–Crippen LogP) is 2.58. The highest BCUT2D eigenvalue weighted by Crippen LogP contribution is 1.93. The molecular formula is C11H25NO3. The average molecular weight is 219 g/mol. The fourth-order valence-corrected chi connectivity index (χ4v) is 0.921. The zero-order valence-electron chi connectivity index (χ0n) is 10.5. The van der Waals surface area contributed by atoms with Crippen LogP contribution in [0.1, 0.15) is 40.0 Å². The smallest absolute Gasteiger partial charge is 0.407 e. The molecule has 0 fully saturated rings. The first-order valence-corrected chi connectivity index (χ1v) is 5.70. The number of rotatable bonds is 7. The van der Waals surface area contributed by atoms with E-state index in [1.807, 2.05) is 13.8 Å². The predicted molar refractivity (Wildman–Crippen MR) is 62.1 cm³/mol. The van der Waals surface area contributed by atoms with Crippen molar-refractivity contribution >= 4 is 6.09 Å². The Bertz CT molecular complexity index is 129. The molecule has 0 heterocycles. The lowest BCUT2D eigenvalue weighted by Gasteiger charge is -2.04. The molecule has 0 aromatic heterocycles. The van der Waals surface area contributed by atoms with Gasteiger partial charge >= 0.3 is 6.09 Å². The van der Waals surface area contributed by atoms with Crippen LogP contribution in [0.25, 0.3) is 0 Å². The SMILES string of the molecule is CC.CCOC(=O)NCCCCCOC. The molecule has 4 heteroatoms. The molecule has 0 spiro atoms. The van der Waals surface area contributed by atoms with E-state index in [0.717, 1.165) is 25.9 Å². The van der Waals surface area contributed by atoms with Crippen molar-refractivity contribution < 1.29 is 14.3 Å². The molecule has 0 aliphatic carbocycles. The fourth-order valence-electron chi connectivity index (χ4n) is 0.921. The Morgan fingerprint density at radius 2 is 1.87 bits per heavy atom. The lowest BCUT2D eigenvalue weighted by atomic mass is 10.2. The summed E-state index contributed by atoms with van der Waals surface area (Å²) < 4.78 is 9.59. The summed E-state index contributed by atoms with van der Waals surface area (Å²) in [6.07, 6.45) is 2.76. The Kier molecular flexibility index (Phi) is 17.4. The Morgan fingerprint density at radius 3 is 2.40 bits per heavy atom. The summed E-state index contributed by atoms with van der Waals surface area (Å²) in [7, 11) is 1.69. The van der Waals surface area contributed by atoms with E-state index < -0.39 is 0 Å². The molecule has 0 rings (SSSR count). The van der Waals surface area contributed by atoms with Gasteiger partial charge in [0.25, 0.3) is 0 Å². The van der Waals surface area contributed by atoms with E-state index in [1.54, 1.807) is 14.0 Å². The van der Waals surface area contributed by atoms with Crippen molar-refractivity contribution in [2.24, 2.45) is 0 Å². The van der Waals surface area contributed by atoms with E-state index in [0.29, 0.717) is 13.2 Å². The van der Waals surface area contributed by atoms with Gasteiger partial charge in [0, 0.05) is 20.3 Å². The number of nitrogens with one attached hydrogen (secondary N) is 1. The van der Waals surface area contributed by atoms with Gasteiger partial charge in [-0.15, -0.1) is 0 Å². The van der Waals surface area contributed by atoms with Gasteiger partial charge in [-0.1, -0.05) is 13.8 Å². The molecule has 0 bridgehead atoms. The Balaban J connectivity index is 0. The Labute approximate surface area is 93.3 Å². The molecular weight excluding hydrogens is 194 g/mol. The molecule has 0 aliphatic rings. The van der Waals surface area contributed by atoms with Crippen LogP contribution in [-0.2, 0) is 9.47 Å². The lowest BCUT2D eigenvalue weighted by Crippen LogP contribution is -2.25. The zero-order chi connectivity index (χ0) is 11.9. The molecule has 0 radical (unpaired) electrons. The molecule has 0 saturated heterocycles. The number of carbonyl (C=O) groups is 1. The van der Waals surface area contributed by atoms with Crippen LogP contribution in [0.4, 0.5) is 4.79 Å². The number of ether oxygens (including phenoxy) is 2. The second kappa shape index (κ2) is 15.7. The van der Waals surface area contributed by atoms with Gasteiger partial charge in [0.05, 0.1) is 6.61 Å². The highest BCUT2D eigenvalue weighted by molar-refractivity contribution is 5.66. The van der Waals surface area contributed by atoms with Crippen LogP contribution in [0.2, 0.25) is 0 Å². The largest absolute Gasteiger partial charge is 0.450 e. The number of amides is 1. The third-order valence-corrected chi connectivity index (χ3v) is 1.57. The third kappa shape index (κ3) is 15.9. The van der Waals surface area contributed by atoms with Gasteiger partial charge in [-0.3, -0.25) is 0 Å². The van der Waals surface area contributed by atoms with Gasteiger partial charge in [0.1, 0.15) is 0 Å². The molecule has 0 unspecified atom stereocenters. The van der Waals surface area contributed by atoms with E-state index in [1.165, 1.54) is 0 Å². The molecule has 1 amide bonds. The minimum absolute atomic E-state index is 0.325. The second-order valence-electron chi connectivity index (χ2n) is 2.70. The van der Waals surface area contributed by atoms with Gasteiger partial charge < -0.3 is 14.8 Å². The summed E-state index contributed by atoms with van der Waals surface area (Å²) in [6.45, 7) is 7.69.